The van der Waals surface area contributed by atoms with E-state index in [4.69, 9.17) is 4.98 Å². The van der Waals surface area contributed by atoms with Gasteiger partial charge in [-0.25, -0.2) is 4.98 Å². The molecule has 1 aliphatic rings. The number of nitrogens with one attached hydrogen (secondary N) is 1. The molecule has 0 amide bonds. The topological polar surface area (TPSA) is 24.9 Å². The van der Waals surface area contributed by atoms with E-state index in [0.29, 0.717) is 0 Å². The monoisotopic (exact) mass is 252 g/mol. The van der Waals surface area contributed by atoms with Crippen LogP contribution in [0.25, 0.3) is 0 Å². The third kappa shape index (κ3) is 2.89. The Labute approximate surface area is 109 Å². The summed E-state index contributed by atoms with van der Waals surface area (Å²) in [7, 11) is 0. The zero-order valence-corrected chi connectivity index (χ0v) is 12.3. The number of rotatable bonds is 6. The first kappa shape index (κ1) is 13.0. The minimum absolute atomic E-state index is 0.0960. The molecular formula is C14H24N2S. The standard InChI is InChI=1S/C14H24N2S/c1-5-9-14(4,16-11-7-8-11)13-15-12(6-2)10(3)17-13/h11,16H,5-9H2,1-4H3. The molecule has 0 saturated heterocycles. The van der Waals surface area contributed by atoms with Crippen LogP contribution >= 0.6 is 11.3 Å². The van der Waals surface area contributed by atoms with Crippen molar-refractivity contribution in [3.8, 4) is 0 Å². The van der Waals surface area contributed by atoms with Crippen LogP contribution in [0.1, 0.15) is 62.0 Å². The molecule has 0 aliphatic heterocycles. The first-order valence-corrected chi connectivity index (χ1v) is 7.65. The van der Waals surface area contributed by atoms with Crippen molar-refractivity contribution in [3.63, 3.8) is 0 Å². The Morgan fingerprint density at radius 2 is 2.12 bits per heavy atom. The summed E-state index contributed by atoms with van der Waals surface area (Å²) in [6, 6.07) is 0.737. The number of hydrogen-bond donors (Lipinski definition) is 1. The Morgan fingerprint density at radius 1 is 1.41 bits per heavy atom. The van der Waals surface area contributed by atoms with Gasteiger partial charge in [0.05, 0.1) is 11.2 Å². The van der Waals surface area contributed by atoms with Crippen LogP contribution in [0.15, 0.2) is 0 Å². The van der Waals surface area contributed by atoms with Crippen molar-refractivity contribution in [2.24, 2.45) is 0 Å². The summed E-state index contributed by atoms with van der Waals surface area (Å²) in [5, 5.41) is 5.09. The largest absolute Gasteiger partial charge is 0.303 e. The third-order valence-electron chi connectivity index (χ3n) is 3.55. The molecule has 3 heteroatoms. The Kier molecular flexibility index (Phi) is 3.88. The van der Waals surface area contributed by atoms with E-state index in [0.717, 1.165) is 12.5 Å². The summed E-state index contributed by atoms with van der Waals surface area (Å²) in [5.41, 5.74) is 1.38. The van der Waals surface area contributed by atoms with Crippen LogP contribution in [0.2, 0.25) is 0 Å². The summed E-state index contributed by atoms with van der Waals surface area (Å²) in [5.74, 6) is 0. The molecule has 1 fully saturated rings. The zero-order chi connectivity index (χ0) is 12.5. The molecule has 1 saturated carbocycles. The summed E-state index contributed by atoms with van der Waals surface area (Å²) in [6.45, 7) is 8.97. The van der Waals surface area contributed by atoms with E-state index in [9.17, 15) is 0 Å². The van der Waals surface area contributed by atoms with Crippen LogP contribution in [0.4, 0.5) is 0 Å². The Hall–Kier alpha value is -0.410. The molecule has 96 valence electrons. The molecule has 0 spiro atoms. The van der Waals surface area contributed by atoms with E-state index in [-0.39, 0.29) is 5.54 Å². The van der Waals surface area contributed by atoms with Crippen LogP contribution in [0, 0.1) is 6.92 Å². The van der Waals surface area contributed by atoms with Gasteiger partial charge in [0.2, 0.25) is 0 Å². The van der Waals surface area contributed by atoms with Gasteiger partial charge in [-0.2, -0.15) is 0 Å². The summed E-state index contributed by atoms with van der Waals surface area (Å²) in [6.07, 6.45) is 6.11. The van der Waals surface area contributed by atoms with E-state index in [2.05, 4.69) is 33.0 Å². The van der Waals surface area contributed by atoms with Gasteiger partial charge in [-0.15, -0.1) is 11.3 Å². The molecule has 1 atom stereocenters. The molecule has 1 unspecified atom stereocenters. The van der Waals surface area contributed by atoms with E-state index in [1.807, 2.05) is 11.3 Å². The molecule has 17 heavy (non-hydrogen) atoms. The number of aromatic nitrogens is 1. The fraction of sp³-hybridized carbons (Fsp3) is 0.786. The average molecular weight is 252 g/mol. The predicted molar refractivity (Wildman–Crippen MR) is 74.6 cm³/mol. The van der Waals surface area contributed by atoms with Crippen LogP contribution in [-0.4, -0.2) is 11.0 Å². The van der Waals surface area contributed by atoms with Gasteiger partial charge in [-0.05, 0) is 39.5 Å². The molecular weight excluding hydrogens is 228 g/mol. The van der Waals surface area contributed by atoms with Gasteiger partial charge in [0.25, 0.3) is 0 Å². The van der Waals surface area contributed by atoms with E-state index in [1.165, 1.54) is 41.3 Å². The quantitative estimate of drug-likeness (QED) is 0.833. The van der Waals surface area contributed by atoms with Crippen LogP contribution in [-0.2, 0) is 12.0 Å². The van der Waals surface area contributed by atoms with Gasteiger partial charge in [-0.1, -0.05) is 20.3 Å². The average Bonchev–Trinajstić information content (AvgIpc) is 2.99. The molecule has 1 heterocycles. The van der Waals surface area contributed by atoms with Gasteiger partial charge < -0.3 is 5.32 Å². The highest BCUT2D eigenvalue weighted by Gasteiger charge is 2.35. The molecule has 1 aromatic heterocycles. The maximum atomic E-state index is 4.86. The van der Waals surface area contributed by atoms with Gasteiger partial charge in [-0.3, -0.25) is 0 Å². The highest BCUT2D eigenvalue weighted by molar-refractivity contribution is 7.11. The summed E-state index contributed by atoms with van der Waals surface area (Å²) >= 11 is 1.88. The van der Waals surface area contributed by atoms with Crippen LogP contribution in [0.5, 0.6) is 0 Å². The maximum Gasteiger partial charge on any atom is 0.113 e. The SMILES string of the molecule is CCCC(C)(NC1CC1)c1nc(CC)c(C)s1. The normalized spacial score (nSPS) is 19.3. The molecule has 0 radical (unpaired) electrons. The highest BCUT2D eigenvalue weighted by Crippen LogP contribution is 2.35. The van der Waals surface area contributed by atoms with E-state index < -0.39 is 0 Å². The van der Waals surface area contributed by atoms with Crippen molar-refractivity contribution < 1.29 is 0 Å². The Morgan fingerprint density at radius 3 is 2.59 bits per heavy atom. The lowest BCUT2D eigenvalue weighted by atomic mass is 9.96. The lowest BCUT2D eigenvalue weighted by Gasteiger charge is -2.28. The molecule has 1 N–H and O–H groups in total. The van der Waals surface area contributed by atoms with Crippen LogP contribution in [0.3, 0.4) is 0 Å². The van der Waals surface area contributed by atoms with Gasteiger partial charge in [0, 0.05) is 10.9 Å². The molecule has 2 rings (SSSR count). The number of thiazole rings is 1. The first-order valence-electron chi connectivity index (χ1n) is 6.83. The van der Waals surface area contributed by atoms with Gasteiger partial charge in [0.15, 0.2) is 0 Å². The minimum atomic E-state index is 0.0960. The Bertz CT molecular complexity index is 382. The second kappa shape index (κ2) is 5.07. The van der Waals surface area contributed by atoms with Crippen molar-refractivity contribution in [2.75, 3.05) is 0 Å². The van der Waals surface area contributed by atoms with E-state index >= 15 is 0 Å². The van der Waals surface area contributed by atoms with Crippen molar-refractivity contribution >= 4 is 11.3 Å². The van der Waals surface area contributed by atoms with Gasteiger partial charge in [0.1, 0.15) is 5.01 Å². The molecule has 1 aliphatic carbocycles. The third-order valence-corrected chi connectivity index (χ3v) is 4.83. The lowest BCUT2D eigenvalue weighted by Crippen LogP contribution is -2.40. The van der Waals surface area contributed by atoms with Crippen molar-refractivity contribution in [3.05, 3.63) is 15.6 Å². The van der Waals surface area contributed by atoms with Gasteiger partial charge >= 0.3 is 0 Å². The predicted octanol–water partition coefficient (Wildman–Crippen LogP) is 3.78. The Balaban J connectivity index is 2.23. The zero-order valence-electron chi connectivity index (χ0n) is 11.5. The number of hydrogen-bond acceptors (Lipinski definition) is 3. The second-order valence-corrected chi connectivity index (χ2v) is 6.58. The fourth-order valence-electron chi connectivity index (χ4n) is 2.41. The van der Waals surface area contributed by atoms with E-state index in [1.54, 1.807) is 0 Å². The van der Waals surface area contributed by atoms with Crippen molar-refractivity contribution in [1.29, 1.82) is 0 Å². The summed E-state index contributed by atoms with van der Waals surface area (Å²) < 4.78 is 0. The highest BCUT2D eigenvalue weighted by atomic mass is 32.1. The van der Waals surface area contributed by atoms with Crippen molar-refractivity contribution in [2.45, 2.75) is 71.4 Å². The maximum absolute atomic E-state index is 4.86. The lowest BCUT2D eigenvalue weighted by molar-refractivity contribution is 0.331. The molecule has 0 bridgehead atoms. The van der Waals surface area contributed by atoms with Crippen molar-refractivity contribution in [1.82, 2.24) is 10.3 Å². The fourth-order valence-corrected chi connectivity index (χ4v) is 3.55. The molecule has 1 aromatic rings. The minimum Gasteiger partial charge on any atom is -0.303 e. The number of nitrogens with zero attached hydrogens (tertiary/aromatic N) is 1. The molecule has 0 aromatic carbocycles. The second-order valence-electron chi connectivity index (χ2n) is 5.38. The molecule has 2 nitrogen and oxygen atoms in total. The smallest absolute Gasteiger partial charge is 0.113 e. The number of aryl methyl sites for hydroxylation is 2. The van der Waals surface area contributed by atoms with Crippen LogP contribution < -0.4 is 5.32 Å². The summed E-state index contributed by atoms with van der Waals surface area (Å²) in [4.78, 5) is 6.25. The first-order chi connectivity index (χ1) is 8.09.